The molecular weight excluding hydrogens is 422 g/mol. The molecule has 1 atom stereocenters. The van der Waals surface area contributed by atoms with Gasteiger partial charge in [0.25, 0.3) is 5.91 Å². The van der Waals surface area contributed by atoms with Gasteiger partial charge in [-0.05, 0) is 50.5 Å². The SMILES string of the molecule is CCCOc1ccc(C(=O)c2ccccc2C(=O)OCC(=O)NC(C)CC)cc1OCCC. The second kappa shape index (κ2) is 13.3. The summed E-state index contributed by atoms with van der Waals surface area (Å²) in [5, 5.41) is 2.73. The fraction of sp³-hybridized carbons (Fsp3) is 0.423. The molecule has 1 N–H and O–H groups in total. The summed E-state index contributed by atoms with van der Waals surface area (Å²) >= 11 is 0. The van der Waals surface area contributed by atoms with Gasteiger partial charge in [-0.1, -0.05) is 39.0 Å². The normalized spacial score (nSPS) is 11.4. The molecule has 0 heterocycles. The van der Waals surface area contributed by atoms with Crippen molar-refractivity contribution in [3.8, 4) is 11.5 Å². The van der Waals surface area contributed by atoms with Crippen LogP contribution in [0.1, 0.15) is 73.2 Å². The Kier molecular flexibility index (Phi) is 10.4. The van der Waals surface area contributed by atoms with Gasteiger partial charge in [0.1, 0.15) is 0 Å². The topological polar surface area (TPSA) is 90.9 Å². The third-order valence-corrected chi connectivity index (χ3v) is 4.88. The zero-order valence-corrected chi connectivity index (χ0v) is 19.8. The molecule has 2 aromatic rings. The van der Waals surface area contributed by atoms with E-state index in [1.54, 1.807) is 36.4 Å². The van der Waals surface area contributed by atoms with E-state index in [0.717, 1.165) is 19.3 Å². The summed E-state index contributed by atoms with van der Waals surface area (Å²) in [7, 11) is 0. The fourth-order valence-corrected chi connectivity index (χ4v) is 2.95. The van der Waals surface area contributed by atoms with E-state index >= 15 is 0 Å². The number of hydrogen-bond donors (Lipinski definition) is 1. The van der Waals surface area contributed by atoms with Crippen molar-refractivity contribution in [2.45, 2.75) is 53.0 Å². The average molecular weight is 456 g/mol. The number of esters is 1. The maximum atomic E-state index is 13.3. The van der Waals surface area contributed by atoms with Crippen molar-refractivity contribution < 1.29 is 28.6 Å². The van der Waals surface area contributed by atoms with E-state index in [2.05, 4.69) is 5.32 Å². The second-order valence-corrected chi connectivity index (χ2v) is 7.69. The molecule has 0 bridgehead atoms. The minimum absolute atomic E-state index is 0.0153. The van der Waals surface area contributed by atoms with Crippen LogP contribution in [0.15, 0.2) is 42.5 Å². The van der Waals surface area contributed by atoms with E-state index < -0.39 is 12.6 Å². The molecule has 0 spiro atoms. The third-order valence-electron chi connectivity index (χ3n) is 4.88. The molecule has 1 unspecified atom stereocenters. The van der Waals surface area contributed by atoms with Crippen molar-refractivity contribution in [1.29, 1.82) is 0 Å². The first-order chi connectivity index (χ1) is 15.9. The Bertz CT molecular complexity index is 956. The number of carbonyl (C=O) groups is 3. The molecule has 0 saturated carbocycles. The Labute approximate surface area is 195 Å². The number of nitrogens with one attached hydrogen (secondary N) is 1. The molecule has 0 radical (unpaired) electrons. The van der Waals surface area contributed by atoms with E-state index in [1.165, 1.54) is 6.07 Å². The zero-order chi connectivity index (χ0) is 24.2. The summed E-state index contributed by atoms with van der Waals surface area (Å²) in [6.07, 6.45) is 2.42. The summed E-state index contributed by atoms with van der Waals surface area (Å²) in [5.74, 6) is -0.416. The zero-order valence-electron chi connectivity index (χ0n) is 19.8. The molecule has 2 rings (SSSR count). The van der Waals surface area contributed by atoms with Crippen molar-refractivity contribution in [3.05, 3.63) is 59.2 Å². The van der Waals surface area contributed by atoms with Crippen LogP contribution in [0.5, 0.6) is 11.5 Å². The molecule has 7 nitrogen and oxygen atoms in total. The smallest absolute Gasteiger partial charge is 0.339 e. The number of amides is 1. The van der Waals surface area contributed by atoms with Crippen molar-refractivity contribution >= 4 is 17.7 Å². The Morgan fingerprint density at radius 3 is 2.15 bits per heavy atom. The molecule has 2 aromatic carbocycles. The van der Waals surface area contributed by atoms with E-state index in [1.807, 2.05) is 27.7 Å². The summed E-state index contributed by atoms with van der Waals surface area (Å²) in [6.45, 7) is 8.42. The predicted octanol–water partition coefficient (Wildman–Crippen LogP) is 4.57. The second-order valence-electron chi connectivity index (χ2n) is 7.69. The molecule has 33 heavy (non-hydrogen) atoms. The van der Waals surface area contributed by atoms with Crippen LogP contribution in [0, 0.1) is 0 Å². The lowest BCUT2D eigenvalue weighted by atomic mass is 9.98. The summed E-state index contributed by atoms with van der Waals surface area (Å²) in [4.78, 5) is 37.8. The standard InChI is InChI=1S/C26H33NO6/c1-5-14-31-22-13-12-19(16-23(22)32-15-6-2)25(29)20-10-8-9-11-21(20)26(30)33-17-24(28)27-18(4)7-3/h8-13,16,18H,5-7,14-15,17H2,1-4H3,(H,27,28). The maximum Gasteiger partial charge on any atom is 0.339 e. The van der Waals surface area contributed by atoms with E-state index in [0.29, 0.717) is 30.3 Å². The van der Waals surface area contributed by atoms with Crippen molar-refractivity contribution in [1.82, 2.24) is 5.32 Å². The van der Waals surface area contributed by atoms with Gasteiger partial charge in [-0.2, -0.15) is 0 Å². The first kappa shape index (κ1) is 25.9. The van der Waals surface area contributed by atoms with Crippen LogP contribution in [-0.2, 0) is 9.53 Å². The van der Waals surface area contributed by atoms with Gasteiger partial charge in [0.15, 0.2) is 23.9 Å². The number of ketones is 1. The molecule has 0 aromatic heterocycles. The fourth-order valence-electron chi connectivity index (χ4n) is 2.95. The Morgan fingerprint density at radius 1 is 0.879 bits per heavy atom. The Morgan fingerprint density at radius 2 is 1.52 bits per heavy atom. The van der Waals surface area contributed by atoms with Crippen molar-refractivity contribution in [2.24, 2.45) is 0 Å². The van der Waals surface area contributed by atoms with Gasteiger partial charge in [-0.3, -0.25) is 9.59 Å². The lowest BCUT2D eigenvalue weighted by Crippen LogP contribution is -2.35. The summed E-state index contributed by atoms with van der Waals surface area (Å²) in [5.41, 5.74) is 0.648. The number of rotatable bonds is 13. The monoisotopic (exact) mass is 455 g/mol. The molecular formula is C26H33NO6. The van der Waals surface area contributed by atoms with Gasteiger partial charge in [0.2, 0.25) is 0 Å². The molecule has 1 amide bonds. The maximum absolute atomic E-state index is 13.3. The van der Waals surface area contributed by atoms with E-state index in [4.69, 9.17) is 14.2 Å². The molecule has 0 aliphatic carbocycles. The largest absolute Gasteiger partial charge is 0.490 e. The molecule has 0 saturated heterocycles. The van der Waals surface area contributed by atoms with Gasteiger partial charge in [0.05, 0.1) is 18.8 Å². The number of carbonyl (C=O) groups excluding carboxylic acids is 3. The van der Waals surface area contributed by atoms with Crippen LogP contribution in [0.25, 0.3) is 0 Å². The average Bonchev–Trinajstić information content (AvgIpc) is 2.84. The number of benzene rings is 2. The van der Waals surface area contributed by atoms with Gasteiger partial charge in [0, 0.05) is 17.2 Å². The highest BCUT2D eigenvalue weighted by Crippen LogP contribution is 2.30. The van der Waals surface area contributed by atoms with E-state index in [9.17, 15) is 14.4 Å². The third kappa shape index (κ3) is 7.63. The first-order valence-corrected chi connectivity index (χ1v) is 11.4. The van der Waals surface area contributed by atoms with Gasteiger partial charge >= 0.3 is 5.97 Å². The van der Waals surface area contributed by atoms with Crippen LogP contribution >= 0.6 is 0 Å². The highest BCUT2D eigenvalue weighted by atomic mass is 16.5. The van der Waals surface area contributed by atoms with E-state index in [-0.39, 0.29) is 28.9 Å². The summed E-state index contributed by atoms with van der Waals surface area (Å²) < 4.78 is 16.7. The number of ether oxygens (including phenoxy) is 3. The Balaban J connectivity index is 2.23. The van der Waals surface area contributed by atoms with Crippen LogP contribution in [0.4, 0.5) is 0 Å². The highest BCUT2D eigenvalue weighted by molar-refractivity contribution is 6.14. The molecule has 0 aliphatic heterocycles. The van der Waals surface area contributed by atoms with Gasteiger partial charge in [-0.15, -0.1) is 0 Å². The minimum atomic E-state index is -0.733. The molecule has 0 aliphatic rings. The highest BCUT2D eigenvalue weighted by Gasteiger charge is 2.21. The molecule has 178 valence electrons. The molecule has 7 heteroatoms. The van der Waals surface area contributed by atoms with Crippen LogP contribution < -0.4 is 14.8 Å². The van der Waals surface area contributed by atoms with Gasteiger partial charge in [-0.25, -0.2) is 4.79 Å². The first-order valence-electron chi connectivity index (χ1n) is 11.4. The minimum Gasteiger partial charge on any atom is -0.490 e. The van der Waals surface area contributed by atoms with Crippen molar-refractivity contribution in [3.63, 3.8) is 0 Å². The summed E-state index contributed by atoms with van der Waals surface area (Å²) in [6, 6.07) is 11.4. The van der Waals surface area contributed by atoms with Crippen LogP contribution in [0.2, 0.25) is 0 Å². The number of hydrogen-bond acceptors (Lipinski definition) is 6. The van der Waals surface area contributed by atoms with Gasteiger partial charge < -0.3 is 19.5 Å². The van der Waals surface area contributed by atoms with Crippen molar-refractivity contribution in [2.75, 3.05) is 19.8 Å². The molecule has 0 fully saturated rings. The lowest BCUT2D eigenvalue weighted by molar-refractivity contribution is -0.124. The Hall–Kier alpha value is -3.35. The van der Waals surface area contributed by atoms with Crippen LogP contribution in [0.3, 0.4) is 0 Å². The lowest BCUT2D eigenvalue weighted by Gasteiger charge is -2.14. The van der Waals surface area contributed by atoms with Crippen LogP contribution in [-0.4, -0.2) is 43.5 Å². The quantitative estimate of drug-likeness (QED) is 0.352. The predicted molar refractivity (Wildman–Crippen MR) is 126 cm³/mol.